The highest BCUT2D eigenvalue weighted by Crippen LogP contribution is 2.43. The molecule has 0 aliphatic carbocycles. The van der Waals surface area contributed by atoms with Crippen LogP contribution in [0.3, 0.4) is 0 Å². The maximum absolute atomic E-state index is 14.6. The second kappa shape index (κ2) is 6.67. The Bertz CT molecular complexity index is 566. The smallest absolute Gasteiger partial charge is 0.351 e. The fourth-order valence-corrected chi connectivity index (χ4v) is 2.33. The lowest BCUT2D eigenvalue weighted by Crippen LogP contribution is -2.43. The first-order valence-electron chi connectivity index (χ1n) is 6.99. The first-order valence-corrected chi connectivity index (χ1v) is 6.99. The van der Waals surface area contributed by atoms with Crippen molar-refractivity contribution in [2.24, 2.45) is 0 Å². The highest BCUT2D eigenvalue weighted by molar-refractivity contribution is 5.23. The lowest BCUT2D eigenvalue weighted by atomic mass is 10.1. The summed E-state index contributed by atoms with van der Waals surface area (Å²) in [6.45, 7) is 3.75. The van der Waals surface area contributed by atoms with Gasteiger partial charge in [0.15, 0.2) is 6.10 Å². The number of hydrogen-bond acceptors (Lipinski definition) is 6. The van der Waals surface area contributed by atoms with Gasteiger partial charge in [0, 0.05) is 19.4 Å². The second-order valence-electron chi connectivity index (χ2n) is 4.78. The van der Waals surface area contributed by atoms with Crippen molar-refractivity contribution in [1.82, 2.24) is 9.55 Å². The van der Waals surface area contributed by atoms with Gasteiger partial charge in [-0.1, -0.05) is 0 Å². The number of halogens is 2. The molecule has 1 aromatic heterocycles. The molecule has 2 rings (SSSR count). The lowest BCUT2D eigenvalue weighted by molar-refractivity contribution is -0.153. The van der Waals surface area contributed by atoms with E-state index < -0.39 is 30.0 Å². The first kappa shape index (κ1) is 16.8. The summed E-state index contributed by atoms with van der Waals surface area (Å²) < 4.78 is 45.5. The molecule has 3 unspecified atom stereocenters. The Morgan fingerprint density at radius 2 is 2.18 bits per heavy atom. The molecule has 22 heavy (non-hydrogen) atoms. The van der Waals surface area contributed by atoms with Gasteiger partial charge in [0.05, 0.1) is 6.61 Å². The number of alkyl halides is 2. The van der Waals surface area contributed by atoms with Crippen LogP contribution in [0.25, 0.3) is 0 Å². The lowest BCUT2D eigenvalue weighted by Gasteiger charge is -2.24. The SMILES string of the molecule is CCOCC1OC(n2ccc(N)nc2=O)C(F)(F)C1OCC. The van der Waals surface area contributed by atoms with Gasteiger partial charge in [-0.2, -0.15) is 13.8 Å². The van der Waals surface area contributed by atoms with E-state index in [9.17, 15) is 13.6 Å². The molecule has 0 amide bonds. The van der Waals surface area contributed by atoms with Crippen LogP contribution in [0, 0.1) is 0 Å². The summed E-state index contributed by atoms with van der Waals surface area (Å²) >= 11 is 0. The molecule has 0 radical (unpaired) electrons. The number of anilines is 1. The number of aromatic nitrogens is 2. The molecule has 9 heteroatoms. The van der Waals surface area contributed by atoms with Crippen molar-refractivity contribution in [1.29, 1.82) is 0 Å². The molecule has 7 nitrogen and oxygen atoms in total. The molecule has 1 fully saturated rings. The fourth-order valence-electron chi connectivity index (χ4n) is 2.33. The van der Waals surface area contributed by atoms with Gasteiger partial charge in [-0.05, 0) is 19.9 Å². The monoisotopic (exact) mass is 319 g/mol. The number of rotatable bonds is 6. The minimum absolute atomic E-state index is 0.0465. The molecule has 0 aromatic carbocycles. The Hall–Kier alpha value is -1.58. The van der Waals surface area contributed by atoms with E-state index in [4.69, 9.17) is 19.9 Å². The third-order valence-electron chi connectivity index (χ3n) is 3.29. The molecular formula is C13H19F2N3O4. The standard InChI is InChI=1S/C13H19F2N3O4/c1-3-20-7-8-10(21-4-2)13(14,15)11(22-8)18-6-5-9(16)17-12(18)19/h5-6,8,10-11H,3-4,7H2,1-2H3,(H2,16,17,19). The quantitative estimate of drug-likeness (QED) is 0.834. The Balaban J connectivity index is 2.33. The normalized spacial score (nSPS) is 27.2. The van der Waals surface area contributed by atoms with E-state index in [1.807, 2.05) is 0 Å². The van der Waals surface area contributed by atoms with E-state index in [1.54, 1.807) is 13.8 Å². The average molecular weight is 319 g/mol. The largest absolute Gasteiger partial charge is 0.383 e. The van der Waals surface area contributed by atoms with Crippen molar-refractivity contribution in [2.75, 3.05) is 25.6 Å². The number of nitrogen functional groups attached to an aromatic ring is 1. The Labute approximate surface area is 126 Å². The van der Waals surface area contributed by atoms with Gasteiger partial charge < -0.3 is 19.9 Å². The highest BCUT2D eigenvalue weighted by Gasteiger charge is 2.60. The molecule has 0 bridgehead atoms. The van der Waals surface area contributed by atoms with E-state index in [2.05, 4.69) is 4.98 Å². The zero-order valence-electron chi connectivity index (χ0n) is 12.4. The van der Waals surface area contributed by atoms with Gasteiger partial charge in [-0.3, -0.25) is 4.57 Å². The molecule has 2 N–H and O–H groups in total. The summed E-state index contributed by atoms with van der Waals surface area (Å²) in [6, 6.07) is 1.26. The minimum atomic E-state index is -3.40. The van der Waals surface area contributed by atoms with Crippen molar-refractivity contribution in [3.63, 3.8) is 0 Å². The van der Waals surface area contributed by atoms with Crippen molar-refractivity contribution >= 4 is 5.82 Å². The first-order chi connectivity index (χ1) is 10.4. The van der Waals surface area contributed by atoms with Crippen molar-refractivity contribution in [3.05, 3.63) is 22.7 Å². The molecule has 1 aromatic rings. The minimum Gasteiger partial charge on any atom is -0.383 e. The van der Waals surface area contributed by atoms with Crippen molar-refractivity contribution in [3.8, 4) is 0 Å². The van der Waals surface area contributed by atoms with Crippen LogP contribution in [0.5, 0.6) is 0 Å². The summed E-state index contributed by atoms with van der Waals surface area (Å²) in [5.74, 6) is -3.45. The van der Waals surface area contributed by atoms with E-state index in [-0.39, 0.29) is 19.0 Å². The van der Waals surface area contributed by atoms with E-state index in [0.29, 0.717) is 11.2 Å². The second-order valence-corrected chi connectivity index (χ2v) is 4.78. The molecule has 1 aliphatic rings. The Morgan fingerprint density at radius 1 is 1.45 bits per heavy atom. The molecular weight excluding hydrogens is 300 g/mol. The Kier molecular flexibility index (Phi) is 5.09. The summed E-state index contributed by atoms with van der Waals surface area (Å²) in [6.07, 6.45) is -3.16. The molecule has 0 saturated carbocycles. The van der Waals surface area contributed by atoms with Crippen LogP contribution in [0.1, 0.15) is 20.1 Å². The van der Waals surface area contributed by atoms with Crippen LogP contribution in [0.2, 0.25) is 0 Å². The maximum atomic E-state index is 14.6. The predicted octanol–water partition coefficient (Wildman–Crippen LogP) is 0.800. The van der Waals surface area contributed by atoms with Crippen LogP contribution in [-0.2, 0) is 14.2 Å². The van der Waals surface area contributed by atoms with E-state index >= 15 is 0 Å². The molecule has 3 atom stereocenters. The zero-order chi connectivity index (χ0) is 16.3. The van der Waals surface area contributed by atoms with Gasteiger partial charge in [0.25, 0.3) is 0 Å². The highest BCUT2D eigenvalue weighted by atomic mass is 19.3. The van der Waals surface area contributed by atoms with Gasteiger partial charge in [0.1, 0.15) is 11.9 Å². The van der Waals surface area contributed by atoms with Crippen LogP contribution >= 0.6 is 0 Å². The third-order valence-corrected chi connectivity index (χ3v) is 3.29. The number of nitrogens with two attached hydrogens (primary N) is 1. The number of hydrogen-bond donors (Lipinski definition) is 1. The van der Waals surface area contributed by atoms with Crippen LogP contribution in [0.4, 0.5) is 14.6 Å². The number of ether oxygens (including phenoxy) is 3. The molecule has 1 aliphatic heterocycles. The fraction of sp³-hybridized carbons (Fsp3) is 0.692. The van der Waals surface area contributed by atoms with Crippen LogP contribution in [-0.4, -0.2) is 47.5 Å². The summed E-state index contributed by atoms with van der Waals surface area (Å²) in [5.41, 5.74) is 4.46. The summed E-state index contributed by atoms with van der Waals surface area (Å²) in [4.78, 5) is 15.2. The van der Waals surface area contributed by atoms with E-state index in [0.717, 1.165) is 6.20 Å². The summed E-state index contributed by atoms with van der Waals surface area (Å²) in [5, 5.41) is 0. The van der Waals surface area contributed by atoms with Crippen molar-refractivity contribution in [2.45, 2.75) is 38.2 Å². The van der Waals surface area contributed by atoms with Gasteiger partial charge in [0.2, 0.25) is 6.23 Å². The van der Waals surface area contributed by atoms with Crippen LogP contribution < -0.4 is 11.4 Å². The van der Waals surface area contributed by atoms with E-state index in [1.165, 1.54) is 6.07 Å². The zero-order valence-corrected chi connectivity index (χ0v) is 12.4. The van der Waals surface area contributed by atoms with Gasteiger partial charge >= 0.3 is 11.6 Å². The molecule has 124 valence electrons. The van der Waals surface area contributed by atoms with Gasteiger partial charge in [-0.25, -0.2) is 4.79 Å². The molecule has 0 spiro atoms. The third kappa shape index (κ3) is 3.11. The molecule has 2 heterocycles. The molecule has 1 saturated heterocycles. The van der Waals surface area contributed by atoms with Gasteiger partial charge in [-0.15, -0.1) is 0 Å². The maximum Gasteiger partial charge on any atom is 0.351 e. The number of nitrogens with zero attached hydrogens (tertiary/aromatic N) is 2. The van der Waals surface area contributed by atoms with Crippen molar-refractivity contribution < 1.29 is 23.0 Å². The average Bonchev–Trinajstić information content (AvgIpc) is 2.69. The summed E-state index contributed by atoms with van der Waals surface area (Å²) in [7, 11) is 0. The Morgan fingerprint density at radius 3 is 2.77 bits per heavy atom. The topological polar surface area (TPSA) is 88.6 Å². The predicted molar refractivity (Wildman–Crippen MR) is 73.7 cm³/mol. The van der Waals surface area contributed by atoms with Crippen LogP contribution in [0.15, 0.2) is 17.1 Å².